The zero-order valence-corrected chi connectivity index (χ0v) is 18.2. The molecule has 0 spiro atoms. The Morgan fingerprint density at radius 2 is 1.81 bits per heavy atom. The Labute approximate surface area is 183 Å². The maximum absolute atomic E-state index is 13.0. The van der Waals surface area contributed by atoms with Gasteiger partial charge in [0.2, 0.25) is 5.91 Å². The molecule has 0 bridgehead atoms. The molecule has 4 aromatic rings. The number of aryl methyl sites for hydroxylation is 2. The van der Waals surface area contributed by atoms with Crippen LogP contribution in [-0.4, -0.2) is 15.5 Å². The summed E-state index contributed by atoms with van der Waals surface area (Å²) in [4.78, 5) is 17.3. The summed E-state index contributed by atoms with van der Waals surface area (Å²) in [6, 6.07) is 22.6. The molecule has 0 radical (unpaired) electrons. The van der Waals surface area contributed by atoms with Crippen LogP contribution in [0.4, 0.5) is 0 Å². The molecule has 1 amide bonds. The number of carbonyl (C=O) groups is 1. The largest absolute Gasteiger partial charge is 0.350 e. The van der Waals surface area contributed by atoms with Crippen LogP contribution in [0.2, 0.25) is 0 Å². The molecule has 0 saturated carbocycles. The summed E-state index contributed by atoms with van der Waals surface area (Å²) >= 11 is 0. The van der Waals surface area contributed by atoms with Crippen molar-refractivity contribution in [3.63, 3.8) is 0 Å². The van der Waals surface area contributed by atoms with E-state index in [0.29, 0.717) is 13.0 Å². The fourth-order valence-electron chi connectivity index (χ4n) is 4.32. The van der Waals surface area contributed by atoms with Gasteiger partial charge in [0.1, 0.15) is 0 Å². The number of rotatable bonds is 8. The SMILES string of the molecule is CCc1cccc2c([C@H](CC(=O)NCc3ccccn3)c3ccccc3)cn(CC)c12. The minimum Gasteiger partial charge on any atom is -0.350 e. The van der Waals surface area contributed by atoms with E-state index in [2.05, 4.69) is 65.2 Å². The molecule has 1 atom stereocenters. The van der Waals surface area contributed by atoms with E-state index in [9.17, 15) is 4.79 Å². The van der Waals surface area contributed by atoms with Crippen LogP contribution < -0.4 is 5.32 Å². The number of aromatic nitrogens is 2. The highest BCUT2D eigenvalue weighted by atomic mass is 16.1. The maximum atomic E-state index is 13.0. The Morgan fingerprint density at radius 1 is 1.00 bits per heavy atom. The number of pyridine rings is 1. The molecule has 1 N–H and O–H groups in total. The first kappa shape index (κ1) is 20.9. The second-order valence-corrected chi connectivity index (χ2v) is 7.80. The molecule has 4 heteroatoms. The quantitative estimate of drug-likeness (QED) is 0.419. The van der Waals surface area contributed by atoms with E-state index < -0.39 is 0 Å². The smallest absolute Gasteiger partial charge is 0.221 e. The van der Waals surface area contributed by atoms with Crippen molar-refractivity contribution < 1.29 is 4.79 Å². The molecule has 0 fully saturated rings. The molecule has 0 aliphatic heterocycles. The predicted octanol–water partition coefficient (Wildman–Crippen LogP) is 5.46. The maximum Gasteiger partial charge on any atom is 0.221 e. The normalized spacial score (nSPS) is 12.1. The Balaban J connectivity index is 1.69. The summed E-state index contributed by atoms with van der Waals surface area (Å²) in [6.45, 7) is 5.72. The van der Waals surface area contributed by atoms with E-state index in [0.717, 1.165) is 24.2 Å². The van der Waals surface area contributed by atoms with Gasteiger partial charge in [-0.15, -0.1) is 0 Å². The van der Waals surface area contributed by atoms with Gasteiger partial charge in [-0.2, -0.15) is 0 Å². The minimum atomic E-state index is -0.00709. The third kappa shape index (κ3) is 4.53. The summed E-state index contributed by atoms with van der Waals surface area (Å²) in [5.74, 6) is 0.0240. The van der Waals surface area contributed by atoms with Crippen LogP contribution in [-0.2, 0) is 24.3 Å². The van der Waals surface area contributed by atoms with Gasteiger partial charge in [0.15, 0.2) is 0 Å². The van der Waals surface area contributed by atoms with Crippen LogP contribution in [0.25, 0.3) is 10.9 Å². The van der Waals surface area contributed by atoms with Crippen LogP contribution in [0, 0.1) is 0 Å². The summed E-state index contributed by atoms with van der Waals surface area (Å²) in [7, 11) is 0. The number of amides is 1. The lowest BCUT2D eigenvalue weighted by molar-refractivity contribution is -0.121. The first-order valence-electron chi connectivity index (χ1n) is 11.0. The van der Waals surface area contributed by atoms with Gasteiger partial charge >= 0.3 is 0 Å². The second-order valence-electron chi connectivity index (χ2n) is 7.80. The molecule has 2 aromatic heterocycles. The molecular weight excluding hydrogens is 382 g/mol. The fourth-order valence-corrected chi connectivity index (χ4v) is 4.32. The van der Waals surface area contributed by atoms with Gasteiger partial charge in [0.05, 0.1) is 17.8 Å². The van der Waals surface area contributed by atoms with Crippen LogP contribution in [0.3, 0.4) is 0 Å². The van der Waals surface area contributed by atoms with Crippen molar-refractivity contribution in [2.75, 3.05) is 0 Å². The highest BCUT2D eigenvalue weighted by Crippen LogP contribution is 2.36. The van der Waals surface area contributed by atoms with Crippen molar-refractivity contribution in [2.45, 2.75) is 45.7 Å². The summed E-state index contributed by atoms with van der Waals surface area (Å²) in [5.41, 5.74) is 5.87. The molecule has 31 heavy (non-hydrogen) atoms. The number of nitrogens with one attached hydrogen (secondary N) is 1. The van der Waals surface area contributed by atoms with Gasteiger partial charge in [-0.05, 0) is 42.2 Å². The van der Waals surface area contributed by atoms with Crippen LogP contribution >= 0.6 is 0 Å². The molecule has 0 unspecified atom stereocenters. The Kier molecular flexibility index (Phi) is 6.46. The van der Waals surface area contributed by atoms with Crippen LogP contribution in [0.5, 0.6) is 0 Å². The summed E-state index contributed by atoms with van der Waals surface area (Å²) in [5, 5.41) is 4.30. The highest BCUT2D eigenvalue weighted by Gasteiger charge is 2.23. The predicted molar refractivity (Wildman–Crippen MR) is 126 cm³/mol. The Morgan fingerprint density at radius 3 is 2.52 bits per heavy atom. The molecule has 158 valence electrons. The van der Waals surface area contributed by atoms with E-state index in [1.165, 1.54) is 22.0 Å². The van der Waals surface area contributed by atoms with E-state index in [-0.39, 0.29) is 11.8 Å². The van der Waals surface area contributed by atoms with Gasteiger partial charge in [-0.3, -0.25) is 9.78 Å². The van der Waals surface area contributed by atoms with Crippen molar-refractivity contribution in [1.82, 2.24) is 14.9 Å². The van der Waals surface area contributed by atoms with Crippen LogP contribution in [0.15, 0.2) is 79.1 Å². The third-order valence-electron chi connectivity index (χ3n) is 5.89. The van der Waals surface area contributed by atoms with Crippen molar-refractivity contribution >= 4 is 16.8 Å². The molecular formula is C27H29N3O. The Bertz CT molecular complexity index is 1150. The number of hydrogen-bond donors (Lipinski definition) is 1. The van der Waals surface area contributed by atoms with Crippen molar-refractivity contribution in [2.24, 2.45) is 0 Å². The zero-order valence-electron chi connectivity index (χ0n) is 18.2. The van der Waals surface area contributed by atoms with Gasteiger partial charge in [0.25, 0.3) is 0 Å². The number of hydrogen-bond acceptors (Lipinski definition) is 2. The number of carbonyl (C=O) groups excluding carboxylic acids is 1. The number of fused-ring (bicyclic) bond motifs is 1. The van der Waals surface area contributed by atoms with Crippen LogP contribution in [0.1, 0.15) is 48.6 Å². The van der Waals surface area contributed by atoms with E-state index >= 15 is 0 Å². The first-order chi connectivity index (χ1) is 15.2. The molecule has 2 aromatic carbocycles. The van der Waals surface area contributed by atoms with Crippen molar-refractivity contribution in [3.05, 3.63) is 102 Å². The Hall–Kier alpha value is -3.40. The molecule has 2 heterocycles. The standard InChI is InChI=1S/C27H29N3O/c1-3-20-13-10-15-23-25(19-30(4-2)27(20)23)24(21-11-6-5-7-12-21)17-26(31)29-18-22-14-8-9-16-28-22/h5-16,19,24H,3-4,17-18H2,1-2H3,(H,29,31)/t24-/m1/s1. The number of nitrogens with zero attached hydrogens (tertiary/aromatic N) is 2. The highest BCUT2D eigenvalue weighted by molar-refractivity contribution is 5.89. The average molecular weight is 412 g/mol. The van der Waals surface area contributed by atoms with E-state index in [4.69, 9.17) is 0 Å². The van der Waals surface area contributed by atoms with E-state index in [1.807, 2.05) is 36.4 Å². The monoisotopic (exact) mass is 411 g/mol. The third-order valence-corrected chi connectivity index (χ3v) is 5.89. The molecule has 4 rings (SSSR count). The van der Waals surface area contributed by atoms with Gasteiger partial charge in [-0.25, -0.2) is 0 Å². The molecule has 0 aliphatic rings. The lowest BCUT2D eigenvalue weighted by atomic mass is 9.87. The first-order valence-corrected chi connectivity index (χ1v) is 11.0. The van der Waals surface area contributed by atoms with Gasteiger partial charge < -0.3 is 9.88 Å². The fraction of sp³-hybridized carbons (Fsp3) is 0.259. The number of benzene rings is 2. The second kappa shape index (κ2) is 9.61. The topological polar surface area (TPSA) is 46.9 Å². The number of para-hydroxylation sites is 1. The van der Waals surface area contributed by atoms with Gasteiger partial charge in [-0.1, -0.05) is 61.5 Å². The zero-order chi connectivity index (χ0) is 21.6. The van der Waals surface area contributed by atoms with E-state index in [1.54, 1.807) is 6.20 Å². The lowest BCUT2D eigenvalue weighted by Gasteiger charge is -2.17. The molecule has 0 saturated heterocycles. The molecule has 4 nitrogen and oxygen atoms in total. The van der Waals surface area contributed by atoms with Gasteiger partial charge in [0, 0.05) is 36.7 Å². The average Bonchev–Trinajstić information content (AvgIpc) is 3.21. The van der Waals surface area contributed by atoms with Crippen molar-refractivity contribution in [1.29, 1.82) is 0 Å². The summed E-state index contributed by atoms with van der Waals surface area (Å²) < 4.78 is 2.32. The lowest BCUT2D eigenvalue weighted by Crippen LogP contribution is -2.25. The van der Waals surface area contributed by atoms with Crippen molar-refractivity contribution in [3.8, 4) is 0 Å². The minimum absolute atomic E-state index is 0.00709. The molecule has 0 aliphatic carbocycles. The summed E-state index contributed by atoms with van der Waals surface area (Å²) in [6.07, 6.45) is 5.38.